The molecule has 0 heterocycles. The molecule has 0 bridgehead atoms. The first kappa shape index (κ1) is 22.9. The highest BCUT2D eigenvalue weighted by molar-refractivity contribution is 7.80. The van der Waals surface area contributed by atoms with E-state index in [2.05, 4.69) is 18.0 Å². The molecular weight excluding hydrogens is 312 g/mol. The van der Waals surface area contributed by atoms with Crippen molar-refractivity contribution in [2.75, 3.05) is 6.61 Å². The summed E-state index contributed by atoms with van der Waals surface area (Å²) in [5, 5.41) is 0. The Morgan fingerprint density at radius 2 is 1.13 bits per heavy atom. The largest absolute Gasteiger partial charge is 0.726 e. The van der Waals surface area contributed by atoms with Crippen molar-refractivity contribution in [3.05, 3.63) is 0 Å². The van der Waals surface area contributed by atoms with E-state index in [1.165, 1.54) is 64.2 Å². The molecule has 0 spiro atoms. The molecule has 0 saturated heterocycles. The maximum absolute atomic E-state index is 10.6. The van der Waals surface area contributed by atoms with Crippen LogP contribution < -0.4 is 0 Å². The van der Waals surface area contributed by atoms with E-state index >= 15 is 0 Å². The van der Waals surface area contributed by atoms with E-state index in [-0.39, 0.29) is 12.5 Å². The van der Waals surface area contributed by atoms with Crippen LogP contribution >= 0.6 is 0 Å². The predicted molar refractivity (Wildman–Crippen MR) is 95.1 cm³/mol. The standard InChI is InChI=1S/C18H38O4S/c1-3-5-7-9-10-12-14-16-18(17-22-23(19,20)21)15-13-11-8-6-4-2/h18H,3-17H2,1-2H3,(H,19,20,21)/p-1. The zero-order valence-electron chi connectivity index (χ0n) is 15.2. The molecule has 0 radical (unpaired) electrons. The van der Waals surface area contributed by atoms with Gasteiger partial charge in [0.25, 0.3) is 0 Å². The van der Waals surface area contributed by atoms with Gasteiger partial charge in [0.05, 0.1) is 6.61 Å². The molecule has 5 heteroatoms. The Labute approximate surface area is 144 Å². The molecule has 0 amide bonds. The summed E-state index contributed by atoms with van der Waals surface area (Å²) < 4.78 is 36.4. The van der Waals surface area contributed by atoms with Crippen molar-refractivity contribution in [3.63, 3.8) is 0 Å². The molecule has 0 N–H and O–H groups in total. The Kier molecular flexibility index (Phi) is 15.3. The molecule has 0 saturated carbocycles. The molecule has 4 nitrogen and oxygen atoms in total. The summed E-state index contributed by atoms with van der Waals surface area (Å²) in [6.07, 6.45) is 16.7. The fraction of sp³-hybridized carbons (Fsp3) is 1.00. The van der Waals surface area contributed by atoms with Gasteiger partial charge in [0.1, 0.15) is 0 Å². The van der Waals surface area contributed by atoms with Crippen molar-refractivity contribution in [2.24, 2.45) is 5.92 Å². The lowest BCUT2D eigenvalue weighted by atomic mass is 9.95. The number of hydrogen-bond donors (Lipinski definition) is 0. The minimum absolute atomic E-state index is 0.0649. The van der Waals surface area contributed by atoms with E-state index < -0.39 is 10.4 Å². The highest BCUT2D eigenvalue weighted by Gasteiger charge is 2.11. The van der Waals surface area contributed by atoms with Gasteiger partial charge in [-0.05, 0) is 18.8 Å². The second-order valence-electron chi connectivity index (χ2n) is 6.67. The third-order valence-electron chi connectivity index (χ3n) is 4.38. The van der Waals surface area contributed by atoms with Gasteiger partial charge in [0, 0.05) is 0 Å². The third-order valence-corrected chi connectivity index (χ3v) is 4.80. The lowest BCUT2D eigenvalue weighted by Gasteiger charge is -2.18. The lowest BCUT2D eigenvalue weighted by Crippen LogP contribution is -2.14. The first-order chi connectivity index (χ1) is 11.0. The van der Waals surface area contributed by atoms with Crippen molar-refractivity contribution in [2.45, 2.75) is 104 Å². The summed E-state index contributed by atoms with van der Waals surface area (Å²) in [5.74, 6) is 0.205. The minimum atomic E-state index is -4.55. The Hall–Kier alpha value is -0.130. The zero-order valence-corrected chi connectivity index (χ0v) is 16.0. The van der Waals surface area contributed by atoms with E-state index in [0.717, 1.165) is 25.7 Å². The van der Waals surface area contributed by atoms with E-state index in [0.29, 0.717) is 0 Å². The summed E-state index contributed by atoms with van der Waals surface area (Å²) in [5.41, 5.74) is 0. The molecule has 0 aromatic rings. The van der Waals surface area contributed by atoms with Crippen LogP contribution in [0, 0.1) is 5.92 Å². The van der Waals surface area contributed by atoms with E-state index in [1.54, 1.807) is 0 Å². The monoisotopic (exact) mass is 349 g/mol. The molecule has 0 aliphatic carbocycles. The summed E-state index contributed by atoms with van der Waals surface area (Å²) in [6, 6.07) is 0. The molecule has 0 fully saturated rings. The van der Waals surface area contributed by atoms with Crippen LogP contribution in [0.2, 0.25) is 0 Å². The first-order valence-corrected chi connectivity index (χ1v) is 10.9. The Morgan fingerprint density at radius 3 is 1.52 bits per heavy atom. The van der Waals surface area contributed by atoms with Crippen LogP contribution in [0.3, 0.4) is 0 Å². The average Bonchev–Trinajstić information content (AvgIpc) is 2.49. The topological polar surface area (TPSA) is 66.4 Å². The van der Waals surface area contributed by atoms with Crippen LogP contribution in [-0.2, 0) is 14.6 Å². The van der Waals surface area contributed by atoms with Gasteiger partial charge in [-0.15, -0.1) is 0 Å². The number of hydrogen-bond acceptors (Lipinski definition) is 4. The van der Waals surface area contributed by atoms with Crippen molar-refractivity contribution >= 4 is 10.4 Å². The lowest BCUT2D eigenvalue weighted by molar-refractivity contribution is 0.200. The average molecular weight is 350 g/mol. The third kappa shape index (κ3) is 18.1. The van der Waals surface area contributed by atoms with Gasteiger partial charge in [0.2, 0.25) is 10.4 Å². The second-order valence-corrected chi connectivity index (χ2v) is 7.72. The summed E-state index contributed by atoms with van der Waals surface area (Å²) in [7, 11) is -4.55. The fourth-order valence-corrected chi connectivity index (χ4v) is 3.28. The van der Waals surface area contributed by atoms with Gasteiger partial charge in [-0.25, -0.2) is 8.42 Å². The SMILES string of the molecule is CCCCCCCCCC(CCCCCCC)COS(=O)(=O)[O-]. The maximum Gasteiger partial charge on any atom is 0.217 e. The van der Waals surface area contributed by atoms with Gasteiger partial charge in [-0.3, -0.25) is 4.18 Å². The molecule has 0 aliphatic rings. The summed E-state index contributed by atoms with van der Waals surface area (Å²) in [6.45, 7) is 4.47. The predicted octanol–water partition coefficient (Wildman–Crippen LogP) is 5.58. The minimum Gasteiger partial charge on any atom is -0.726 e. The van der Waals surface area contributed by atoms with Gasteiger partial charge >= 0.3 is 0 Å². The zero-order chi connectivity index (χ0) is 17.4. The molecule has 0 aliphatic heterocycles. The molecule has 1 unspecified atom stereocenters. The van der Waals surface area contributed by atoms with E-state index in [1.807, 2.05) is 0 Å². The van der Waals surface area contributed by atoms with Crippen LogP contribution in [0.15, 0.2) is 0 Å². The van der Waals surface area contributed by atoms with Gasteiger partial charge in [-0.2, -0.15) is 0 Å². The van der Waals surface area contributed by atoms with Crippen LogP contribution in [0.1, 0.15) is 104 Å². The smallest absolute Gasteiger partial charge is 0.217 e. The molecule has 0 rings (SSSR count). The quantitative estimate of drug-likeness (QED) is 0.195. The maximum atomic E-state index is 10.6. The molecule has 1 atom stereocenters. The molecule has 23 heavy (non-hydrogen) atoms. The number of unbranched alkanes of at least 4 members (excludes halogenated alkanes) is 10. The van der Waals surface area contributed by atoms with E-state index in [4.69, 9.17) is 0 Å². The molecule has 0 aromatic carbocycles. The second kappa shape index (κ2) is 15.4. The van der Waals surface area contributed by atoms with Crippen LogP contribution in [-0.4, -0.2) is 19.6 Å². The van der Waals surface area contributed by atoms with Crippen molar-refractivity contribution in [1.29, 1.82) is 0 Å². The Balaban J connectivity index is 3.87. The normalized spacial score (nSPS) is 13.3. The first-order valence-electron chi connectivity index (χ1n) is 9.59. The Bertz CT molecular complexity index is 341. The fourth-order valence-electron chi connectivity index (χ4n) is 2.92. The summed E-state index contributed by atoms with van der Waals surface area (Å²) >= 11 is 0. The van der Waals surface area contributed by atoms with Crippen LogP contribution in [0.4, 0.5) is 0 Å². The Morgan fingerprint density at radius 1 is 0.739 bits per heavy atom. The number of rotatable bonds is 17. The molecule has 140 valence electrons. The van der Waals surface area contributed by atoms with Crippen molar-refractivity contribution in [3.8, 4) is 0 Å². The van der Waals surface area contributed by atoms with Crippen molar-refractivity contribution in [1.82, 2.24) is 0 Å². The molecular formula is C18H37O4S-. The van der Waals surface area contributed by atoms with Crippen molar-refractivity contribution < 1.29 is 17.2 Å². The van der Waals surface area contributed by atoms with Crippen LogP contribution in [0.25, 0.3) is 0 Å². The van der Waals surface area contributed by atoms with Crippen LogP contribution in [0.5, 0.6) is 0 Å². The van der Waals surface area contributed by atoms with Gasteiger partial charge < -0.3 is 4.55 Å². The molecule has 0 aromatic heterocycles. The summed E-state index contributed by atoms with van der Waals surface area (Å²) in [4.78, 5) is 0. The van der Waals surface area contributed by atoms with E-state index in [9.17, 15) is 13.0 Å². The van der Waals surface area contributed by atoms with Gasteiger partial charge in [0.15, 0.2) is 0 Å². The highest BCUT2D eigenvalue weighted by Crippen LogP contribution is 2.20. The van der Waals surface area contributed by atoms with Gasteiger partial charge in [-0.1, -0.05) is 90.9 Å². The highest BCUT2D eigenvalue weighted by atomic mass is 32.3.